The molecule has 138 valence electrons. The SMILES string of the molecule is NC(=O)c1ccc(N[C@H]2CCCNC2)nc1Nc1ccc2ncccc2c1. The topological polar surface area (TPSA) is 105 Å². The lowest BCUT2D eigenvalue weighted by Crippen LogP contribution is -2.38. The average Bonchev–Trinajstić information content (AvgIpc) is 2.69. The molecule has 2 aromatic heterocycles. The number of primary amides is 1. The maximum Gasteiger partial charge on any atom is 0.252 e. The minimum atomic E-state index is -0.515. The number of piperidine rings is 1. The van der Waals surface area contributed by atoms with E-state index in [9.17, 15) is 4.79 Å². The predicted molar refractivity (Wildman–Crippen MR) is 107 cm³/mol. The van der Waals surface area contributed by atoms with Crippen LogP contribution in [0.3, 0.4) is 0 Å². The monoisotopic (exact) mass is 362 g/mol. The van der Waals surface area contributed by atoms with Crippen molar-refractivity contribution in [1.82, 2.24) is 15.3 Å². The summed E-state index contributed by atoms with van der Waals surface area (Å²) < 4.78 is 0. The molecule has 0 saturated carbocycles. The normalized spacial score (nSPS) is 16.8. The zero-order valence-electron chi connectivity index (χ0n) is 14.9. The summed E-state index contributed by atoms with van der Waals surface area (Å²) in [6.45, 7) is 1.95. The smallest absolute Gasteiger partial charge is 0.252 e. The molecular formula is C20H22N6O. The van der Waals surface area contributed by atoms with Crippen molar-refractivity contribution >= 4 is 34.1 Å². The van der Waals surface area contributed by atoms with Crippen molar-refractivity contribution in [3.8, 4) is 0 Å². The number of benzene rings is 1. The third-order valence-corrected chi connectivity index (χ3v) is 4.68. The first-order chi connectivity index (χ1) is 13.2. The molecule has 4 rings (SSSR count). The van der Waals surface area contributed by atoms with E-state index in [1.165, 1.54) is 0 Å². The van der Waals surface area contributed by atoms with Crippen LogP contribution < -0.4 is 21.7 Å². The number of amides is 1. The molecular weight excluding hydrogens is 340 g/mol. The van der Waals surface area contributed by atoms with Gasteiger partial charge < -0.3 is 21.7 Å². The van der Waals surface area contributed by atoms with Gasteiger partial charge in [-0.25, -0.2) is 4.98 Å². The highest BCUT2D eigenvalue weighted by atomic mass is 16.1. The first kappa shape index (κ1) is 17.2. The van der Waals surface area contributed by atoms with Crippen molar-refractivity contribution in [2.45, 2.75) is 18.9 Å². The van der Waals surface area contributed by atoms with Crippen molar-refractivity contribution in [3.05, 3.63) is 54.2 Å². The zero-order chi connectivity index (χ0) is 18.6. The van der Waals surface area contributed by atoms with Crippen LogP contribution >= 0.6 is 0 Å². The lowest BCUT2D eigenvalue weighted by Gasteiger charge is -2.24. The van der Waals surface area contributed by atoms with E-state index in [1.54, 1.807) is 18.3 Å². The van der Waals surface area contributed by atoms with E-state index in [0.717, 1.165) is 48.3 Å². The van der Waals surface area contributed by atoms with Gasteiger partial charge in [-0.2, -0.15) is 0 Å². The Morgan fingerprint density at radius 1 is 1.22 bits per heavy atom. The second-order valence-corrected chi connectivity index (χ2v) is 6.68. The minimum Gasteiger partial charge on any atom is -0.366 e. The van der Waals surface area contributed by atoms with Gasteiger partial charge in [0.05, 0.1) is 11.1 Å². The van der Waals surface area contributed by atoms with Crippen molar-refractivity contribution in [3.63, 3.8) is 0 Å². The number of nitrogens with two attached hydrogens (primary N) is 1. The largest absolute Gasteiger partial charge is 0.366 e. The first-order valence-electron chi connectivity index (χ1n) is 9.09. The Kier molecular flexibility index (Phi) is 4.84. The summed E-state index contributed by atoms with van der Waals surface area (Å²) in [5, 5.41) is 11.0. The van der Waals surface area contributed by atoms with E-state index >= 15 is 0 Å². The molecule has 3 aromatic rings. The first-order valence-corrected chi connectivity index (χ1v) is 9.09. The molecule has 1 fully saturated rings. The molecule has 3 heterocycles. The van der Waals surface area contributed by atoms with E-state index in [0.29, 0.717) is 17.4 Å². The van der Waals surface area contributed by atoms with Crippen LogP contribution in [0.15, 0.2) is 48.7 Å². The van der Waals surface area contributed by atoms with Gasteiger partial charge in [-0.15, -0.1) is 0 Å². The quantitative estimate of drug-likeness (QED) is 0.556. The van der Waals surface area contributed by atoms with Crippen LogP contribution in [-0.4, -0.2) is 35.0 Å². The van der Waals surface area contributed by atoms with Crippen molar-refractivity contribution in [1.29, 1.82) is 0 Å². The molecule has 7 nitrogen and oxygen atoms in total. The lowest BCUT2D eigenvalue weighted by molar-refractivity contribution is 0.100. The lowest BCUT2D eigenvalue weighted by atomic mass is 10.1. The Balaban J connectivity index is 1.61. The van der Waals surface area contributed by atoms with Gasteiger partial charge in [-0.3, -0.25) is 9.78 Å². The van der Waals surface area contributed by atoms with Gasteiger partial charge in [0.15, 0.2) is 0 Å². The number of hydrogen-bond donors (Lipinski definition) is 4. The fourth-order valence-corrected chi connectivity index (χ4v) is 3.31. The van der Waals surface area contributed by atoms with Crippen LogP contribution in [0.25, 0.3) is 10.9 Å². The van der Waals surface area contributed by atoms with Gasteiger partial charge in [0.25, 0.3) is 5.91 Å². The van der Waals surface area contributed by atoms with Crippen LogP contribution in [0.5, 0.6) is 0 Å². The third kappa shape index (κ3) is 3.98. The number of carbonyl (C=O) groups is 1. The molecule has 0 radical (unpaired) electrons. The zero-order valence-corrected chi connectivity index (χ0v) is 14.9. The molecule has 0 bridgehead atoms. The standard InChI is InChI=1S/C20H22N6O/c21-19(27)16-6-8-18(24-15-4-2-9-22-12-15)26-20(16)25-14-5-7-17-13(11-14)3-1-10-23-17/h1,3,5-8,10-11,15,22H,2,4,9,12H2,(H2,21,27)(H2,24,25,26)/t15-/m0/s1. The summed E-state index contributed by atoms with van der Waals surface area (Å²) in [5.41, 5.74) is 7.62. The Morgan fingerprint density at radius 2 is 2.15 bits per heavy atom. The highest BCUT2D eigenvalue weighted by Gasteiger charge is 2.16. The summed E-state index contributed by atoms with van der Waals surface area (Å²) >= 11 is 0. The van der Waals surface area contributed by atoms with Crippen LogP contribution in [-0.2, 0) is 0 Å². The molecule has 0 spiro atoms. The number of fused-ring (bicyclic) bond motifs is 1. The molecule has 0 unspecified atom stereocenters. The molecule has 0 aliphatic carbocycles. The number of carbonyl (C=O) groups excluding carboxylic acids is 1. The van der Waals surface area contributed by atoms with Gasteiger partial charge >= 0.3 is 0 Å². The van der Waals surface area contributed by atoms with Crippen LogP contribution in [0.1, 0.15) is 23.2 Å². The van der Waals surface area contributed by atoms with Gasteiger partial charge in [0, 0.05) is 29.9 Å². The van der Waals surface area contributed by atoms with E-state index in [1.807, 2.05) is 30.3 Å². The number of hydrogen-bond acceptors (Lipinski definition) is 6. The van der Waals surface area contributed by atoms with Gasteiger partial charge in [-0.05, 0) is 55.8 Å². The average molecular weight is 362 g/mol. The summed E-state index contributed by atoms with van der Waals surface area (Å²) in [7, 11) is 0. The number of rotatable bonds is 5. The summed E-state index contributed by atoms with van der Waals surface area (Å²) in [6.07, 6.45) is 3.98. The minimum absolute atomic E-state index is 0.324. The molecule has 1 saturated heterocycles. The highest BCUT2D eigenvalue weighted by molar-refractivity contribution is 5.98. The number of pyridine rings is 2. The Hall–Kier alpha value is -3.19. The highest BCUT2D eigenvalue weighted by Crippen LogP contribution is 2.24. The Bertz CT molecular complexity index is 968. The maximum absolute atomic E-state index is 11.8. The van der Waals surface area contributed by atoms with Gasteiger partial charge in [0.1, 0.15) is 11.6 Å². The fourth-order valence-electron chi connectivity index (χ4n) is 3.31. The van der Waals surface area contributed by atoms with Crippen molar-refractivity contribution < 1.29 is 4.79 Å². The number of aromatic nitrogens is 2. The molecule has 1 aliphatic rings. The second kappa shape index (κ2) is 7.59. The molecule has 1 atom stereocenters. The van der Waals surface area contributed by atoms with E-state index in [2.05, 4.69) is 25.9 Å². The summed E-state index contributed by atoms with van der Waals surface area (Å²) in [4.78, 5) is 20.7. The third-order valence-electron chi connectivity index (χ3n) is 4.68. The van der Waals surface area contributed by atoms with Crippen LogP contribution in [0.4, 0.5) is 17.3 Å². The van der Waals surface area contributed by atoms with Gasteiger partial charge in [0.2, 0.25) is 0 Å². The second-order valence-electron chi connectivity index (χ2n) is 6.68. The number of nitrogens with zero attached hydrogens (tertiary/aromatic N) is 2. The Morgan fingerprint density at radius 3 is 2.96 bits per heavy atom. The molecule has 1 aromatic carbocycles. The van der Waals surface area contributed by atoms with Gasteiger partial charge in [-0.1, -0.05) is 6.07 Å². The molecule has 27 heavy (non-hydrogen) atoms. The maximum atomic E-state index is 11.8. The molecule has 7 heteroatoms. The van der Waals surface area contributed by atoms with Crippen molar-refractivity contribution in [2.24, 2.45) is 5.73 Å². The molecule has 5 N–H and O–H groups in total. The summed E-state index contributed by atoms with van der Waals surface area (Å²) in [5.74, 6) is 0.650. The molecule has 1 aliphatic heterocycles. The van der Waals surface area contributed by atoms with E-state index in [-0.39, 0.29) is 0 Å². The summed E-state index contributed by atoms with van der Waals surface area (Å²) in [6, 6.07) is 13.5. The number of anilines is 3. The van der Waals surface area contributed by atoms with Crippen LogP contribution in [0, 0.1) is 0 Å². The van der Waals surface area contributed by atoms with Crippen LogP contribution in [0.2, 0.25) is 0 Å². The number of nitrogens with one attached hydrogen (secondary N) is 3. The predicted octanol–water partition coefficient (Wildman–Crippen LogP) is 2.64. The van der Waals surface area contributed by atoms with E-state index in [4.69, 9.17) is 5.73 Å². The van der Waals surface area contributed by atoms with Crippen molar-refractivity contribution in [2.75, 3.05) is 23.7 Å². The fraction of sp³-hybridized carbons (Fsp3) is 0.250. The molecule has 1 amide bonds. The van der Waals surface area contributed by atoms with E-state index < -0.39 is 5.91 Å². The Labute approximate surface area is 157 Å².